The van der Waals surface area contributed by atoms with Crippen molar-refractivity contribution in [1.29, 1.82) is 0 Å². The van der Waals surface area contributed by atoms with Crippen LogP contribution in [0.5, 0.6) is 0 Å². The van der Waals surface area contributed by atoms with E-state index in [1.165, 1.54) is 32.1 Å². The van der Waals surface area contributed by atoms with E-state index in [-0.39, 0.29) is 5.56 Å². The standard InChI is InChI=1S/C16H18N2O/c19-15-14-12(3-1-9-17-14)5-10-18(15)13-4-8-16(11-13)6-2-7-16/h1,3,5,9-10,13H,2,4,6-8,11H2. The number of fused-ring (bicyclic) bond motifs is 1. The smallest absolute Gasteiger partial charge is 0.277 e. The summed E-state index contributed by atoms with van der Waals surface area (Å²) in [4.78, 5) is 16.8. The van der Waals surface area contributed by atoms with Crippen molar-refractivity contribution < 1.29 is 0 Å². The van der Waals surface area contributed by atoms with Crippen molar-refractivity contribution in [2.24, 2.45) is 5.41 Å². The molecule has 19 heavy (non-hydrogen) atoms. The second kappa shape index (κ2) is 3.92. The summed E-state index contributed by atoms with van der Waals surface area (Å²) in [6.07, 6.45) is 11.4. The summed E-state index contributed by atoms with van der Waals surface area (Å²) < 4.78 is 1.93. The van der Waals surface area contributed by atoms with Gasteiger partial charge in [0.25, 0.3) is 5.56 Å². The number of pyridine rings is 2. The number of aromatic nitrogens is 2. The first-order chi connectivity index (χ1) is 9.27. The maximum absolute atomic E-state index is 12.5. The first kappa shape index (κ1) is 11.2. The SMILES string of the molecule is O=c1c2ncccc2ccn1C1CCC2(CCC2)C1. The molecule has 0 aliphatic heterocycles. The lowest BCUT2D eigenvalue weighted by Crippen LogP contribution is -2.28. The molecule has 2 aliphatic rings. The summed E-state index contributed by atoms with van der Waals surface area (Å²) in [6.45, 7) is 0. The minimum absolute atomic E-state index is 0.0828. The van der Waals surface area contributed by atoms with Gasteiger partial charge in [0.1, 0.15) is 5.52 Å². The molecule has 1 atom stereocenters. The fourth-order valence-corrected chi connectivity index (χ4v) is 3.91. The van der Waals surface area contributed by atoms with E-state index in [2.05, 4.69) is 4.98 Å². The van der Waals surface area contributed by atoms with Crippen LogP contribution in [0.2, 0.25) is 0 Å². The highest BCUT2D eigenvalue weighted by atomic mass is 16.1. The first-order valence-corrected chi connectivity index (χ1v) is 7.23. The van der Waals surface area contributed by atoms with Crippen LogP contribution in [0.25, 0.3) is 10.9 Å². The normalized spacial score (nSPS) is 24.7. The minimum Gasteiger partial charge on any atom is -0.311 e. The van der Waals surface area contributed by atoms with Crippen molar-refractivity contribution in [3.63, 3.8) is 0 Å². The first-order valence-electron chi connectivity index (χ1n) is 7.23. The van der Waals surface area contributed by atoms with Gasteiger partial charge in [-0.25, -0.2) is 0 Å². The van der Waals surface area contributed by atoms with Gasteiger partial charge in [-0.05, 0) is 49.7 Å². The second-order valence-electron chi connectivity index (χ2n) is 6.22. The molecule has 3 nitrogen and oxygen atoms in total. The van der Waals surface area contributed by atoms with Gasteiger partial charge in [0, 0.05) is 23.8 Å². The van der Waals surface area contributed by atoms with Gasteiger partial charge in [-0.15, -0.1) is 0 Å². The van der Waals surface area contributed by atoms with Gasteiger partial charge < -0.3 is 4.57 Å². The van der Waals surface area contributed by atoms with Gasteiger partial charge in [0.2, 0.25) is 0 Å². The Bertz CT molecular complexity index is 684. The summed E-state index contributed by atoms with van der Waals surface area (Å²) in [5.74, 6) is 0. The Morgan fingerprint density at radius 2 is 2.16 bits per heavy atom. The van der Waals surface area contributed by atoms with Gasteiger partial charge in [-0.2, -0.15) is 0 Å². The van der Waals surface area contributed by atoms with Crippen LogP contribution in [-0.2, 0) is 0 Å². The maximum Gasteiger partial charge on any atom is 0.277 e. The second-order valence-corrected chi connectivity index (χ2v) is 6.22. The fraction of sp³-hybridized carbons (Fsp3) is 0.500. The molecular weight excluding hydrogens is 236 g/mol. The molecular formula is C16H18N2O. The van der Waals surface area contributed by atoms with Crippen molar-refractivity contribution in [1.82, 2.24) is 9.55 Å². The summed E-state index contributed by atoms with van der Waals surface area (Å²) in [5, 5.41) is 0.945. The summed E-state index contributed by atoms with van der Waals surface area (Å²) in [6, 6.07) is 6.25. The largest absolute Gasteiger partial charge is 0.311 e. The zero-order chi connectivity index (χ0) is 12.9. The topological polar surface area (TPSA) is 34.9 Å². The average Bonchev–Trinajstić information content (AvgIpc) is 2.85. The monoisotopic (exact) mass is 254 g/mol. The third kappa shape index (κ3) is 1.64. The van der Waals surface area contributed by atoms with Crippen molar-refractivity contribution >= 4 is 10.9 Å². The predicted octanol–water partition coefficient (Wildman–Crippen LogP) is 3.29. The molecule has 2 fully saturated rings. The highest BCUT2D eigenvalue weighted by Crippen LogP contribution is 2.56. The number of hydrogen-bond donors (Lipinski definition) is 0. The average molecular weight is 254 g/mol. The van der Waals surface area contributed by atoms with Crippen LogP contribution < -0.4 is 5.56 Å². The fourth-order valence-electron chi connectivity index (χ4n) is 3.91. The molecule has 1 unspecified atom stereocenters. The lowest BCUT2D eigenvalue weighted by Gasteiger charge is -2.38. The summed E-state index contributed by atoms with van der Waals surface area (Å²) in [5.41, 5.74) is 1.27. The van der Waals surface area contributed by atoms with E-state index in [1.807, 2.05) is 29.0 Å². The number of hydrogen-bond acceptors (Lipinski definition) is 2. The van der Waals surface area contributed by atoms with Gasteiger partial charge in [-0.1, -0.05) is 12.5 Å². The van der Waals surface area contributed by atoms with E-state index in [0.717, 1.165) is 11.8 Å². The van der Waals surface area contributed by atoms with Crippen molar-refractivity contribution in [2.75, 3.05) is 0 Å². The lowest BCUT2D eigenvalue weighted by atomic mass is 9.67. The van der Waals surface area contributed by atoms with Crippen LogP contribution in [0, 0.1) is 5.41 Å². The van der Waals surface area contributed by atoms with E-state index >= 15 is 0 Å². The molecule has 2 aromatic rings. The van der Waals surface area contributed by atoms with E-state index in [0.29, 0.717) is 17.0 Å². The molecule has 4 rings (SSSR count). The van der Waals surface area contributed by atoms with E-state index in [4.69, 9.17) is 0 Å². The molecule has 0 radical (unpaired) electrons. The van der Waals surface area contributed by atoms with Crippen LogP contribution in [0.15, 0.2) is 35.4 Å². The zero-order valence-electron chi connectivity index (χ0n) is 11.0. The quantitative estimate of drug-likeness (QED) is 0.782. The molecule has 98 valence electrons. The molecule has 0 bridgehead atoms. The lowest BCUT2D eigenvalue weighted by molar-refractivity contribution is 0.137. The van der Waals surface area contributed by atoms with Crippen molar-refractivity contribution in [3.8, 4) is 0 Å². The van der Waals surface area contributed by atoms with Crippen LogP contribution in [0.4, 0.5) is 0 Å². The molecule has 0 N–H and O–H groups in total. The third-order valence-corrected chi connectivity index (χ3v) is 5.17. The third-order valence-electron chi connectivity index (χ3n) is 5.17. The molecule has 0 aromatic carbocycles. The van der Waals surface area contributed by atoms with Crippen LogP contribution in [0.1, 0.15) is 44.6 Å². The van der Waals surface area contributed by atoms with Gasteiger partial charge >= 0.3 is 0 Å². The summed E-state index contributed by atoms with van der Waals surface area (Å²) >= 11 is 0. The number of rotatable bonds is 1. The highest BCUT2D eigenvalue weighted by Gasteiger charge is 2.44. The van der Waals surface area contributed by atoms with E-state index < -0.39 is 0 Å². The molecule has 0 saturated heterocycles. The Morgan fingerprint density at radius 1 is 1.26 bits per heavy atom. The maximum atomic E-state index is 12.5. The Labute approximate surface area is 112 Å². The Balaban J connectivity index is 1.76. The highest BCUT2D eigenvalue weighted by molar-refractivity contribution is 5.76. The predicted molar refractivity (Wildman–Crippen MR) is 75.2 cm³/mol. The van der Waals surface area contributed by atoms with Crippen LogP contribution in [0.3, 0.4) is 0 Å². The van der Waals surface area contributed by atoms with Crippen molar-refractivity contribution in [3.05, 3.63) is 40.9 Å². The van der Waals surface area contributed by atoms with Crippen molar-refractivity contribution in [2.45, 2.75) is 44.6 Å². The minimum atomic E-state index is 0.0828. The van der Waals surface area contributed by atoms with Gasteiger partial charge in [0.05, 0.1) is 0 Å². The molecule has 1 spiro atoms. The van der Waals surface area contributed by atoms with E-state index in [9.17, 15) is 4.79 Å². The molecule has 2 aromatic heterocycles. The Hall–Kier alpha value is -1.64. The van der Waals surface area contributed by atoms with Crippen LogP contribution >= 0.6 is 0 Å². The van der Waals surface area contributed by atoms with Gasteiger partial charge in [-0.3, -0.25) is 9.78 Å². The molecule has 0 amide bonds. The van der Waals surface area contributed by atoms with E-state index in [1.54, 1.807) is 6.20 Å². The van der Waals surface area contributed by atoms with Gasteiger partial charge in [0.15, 0.2) is 0 Å². The Morgan fingerprint density at radius 3 is 2.89 bits per heavy atom. The Kier molecular flexibility index (Phi) is 2.32. The molecule has 3 heteroatoms. The zero-order valence-corrected chi connectivity index (χ0v) is 11.0. The summed E-state index contributed by atoms with van der Waals surface area (Å²) in [7, 11) is 0. The molecule has 2 aliphatic carbocycles. The number of nitrogens with zero attached hydrogens (tertiary/aromatic N) is 2. The molecule has 2 saturated carbocycles. The molecule has 2 heterocycles. The van der Waals surface area contributed by atoms with Crippen LogP contribution in [-0.4, -0.2) is 9.55 Å².